The van der Waals surface area contributed by atoms with E-state index in [1.54, 1.807) is 11.0 Å². The van der Waals surface area contributed by atoms with Gasteiger partial charge in [-0.2, -0.15) is 5.10 Å². The molecule has 0 atom stereocenters. The molecule has 0 saturated carbocycles. The fourth-order valence-electron chi connectivity index (χ4n) is 3.02. The van der Waals surface area contributed by atoms with Gasteiger partial charge in [-0.05, 0) is 19.4 Å². The molecule has 8 nitrogen and oxygen atoms in total. The van der Waals surface area contributed by atoms with Crippen molar-refractivity contribution < 1.29 is 4.79 Å². The maximum atomic E-state index is 12.4. The molecule has 1 aliphatic heterocycles. The highest BCUT2D eigenvalue weighted by molar-refractivity contribution is 5.76. The highest BCUT2D eigenvalue weighted by atomic mass is 16.2. The second-order valence-corrected chi connectivity index (χ2v) is 6.14. The predicted octanol–water partition coefficient (Wildman–Crippen LogP) is 0.489. The smallest absolute Gasteiger partial charge is 0.222 e. The van der Waals surface area contributed by atoms with Crippen molar-refractivity contribution in [3.8, 4) is 0 Å². The Morgan fingerprint density at radius 3 is 2.75 bits per heavy atom. The average Bonchev–Trinajstić information content (AvgIpc) is 3.24. The number of imidazole rings is 1. The zero-order chi connectivity index (χ0) is 16.6. The lowest BCUT2D eigenvalue weighted by Crippen LogP contribution is -2.36. The van der Waals surface area contributed by atoms with Crippen molar-refractivity contribution in [2.45, 2.75) is 32.4 Å². The molecule has 2 aromatic rings. The zero-order valence-corrected chi connectivity index (χ0v) is 14.0. The average molecular weight is 331 g/mol. The maximum absolute atomic E-state index is 12.4. The lowest BCUT2D eigenvalue weighted by atomic mass is 10.2. The molecule has 0 N–H and O–H groups in total. The molecule has 1 saturated heterocycles. The molecule has 0 spiro atoms. The van der Waals surface area contributed by atoms with E-state index in [0.717, 1.165) is 58.7 Å². The minimum absolute atomic E-state index is 0.256. The van der Waals surface area contributed by atoms with Crippen molar-refractivity contribution >= 4 is 5.91 Å². The molecule has 3 rings (SSSR count). The molecule has 8 heteroatoms. The van der Waals surface area contributed by atoms with Gasteiger partial charge in [-0.1, -0.05) is 0 Å². The van der Waals surface area contributed by atoms with Gasteiger partial charge in [-0.25, -0.2) is 9.97 Å². The maximum Gasteiger partial charge on any atom is 0.222 e. The minimum atomic E-state index is 0.256. The predicted molar refractivity (Wildman–Crippen MR) is 89.1 cm³/mol. The standard InChI is InChI=1S/C16H25N7O/c24-16(3-1-7-23-15-18-13-19-23)22-6-2-5-20(11-12-22)9-10-21-8-4-17-14-21/h4,8,13-15H,1-3,5-7,9-12H2. The van der Waals surface area contributed by atoms with E-state index in [1.165, 1.54) is 6.33 Å². The van der Waals surface area contributed by atoms with Gasteiger partial charge in [0, 0.05) is 58.1 Å². The Bertz CT molecular complexity index is 596. The molecule has 2 aromatic heterocycles. The largest absolute Gasteiger partial charge is 0.341 e. The van der Waals surface area contributed by atoms with Crippen molar-refractivity contribution in [1.82, 2.24) is 34.1 Å². The Balaban J connectivity index is 1.37. The number of aryl methyl sites for hydroxylation is 1. The normalized spacial score (nSPS) is 16.2. The number of carbonyl (C=O) groups is 1. The number of hydrogen-bond acceptors (Lipinski definition) is 5. The van der Waals surface area contributed by atoms with Crippen LogP contribution in [-0.2, 0) is 17.9 Å². The van der Waals surface area contributed by atoms with E-state index in [4.69, 9.17) is 0 Å². The summed E-state index contributed by atoms with van der Waals surface area (Å²) in [5.74, 6) is 0.256. The van der Waals surface area contributed by atoms with Crippen LogP contribution in [0.5, 0.6) is 0 Å². The van der Waals surface area contributed by atoms with Crippen LogP contribution >= 0.6 is 0 Å². The SMILES string of the molecule is O=C(CCCn1cncn1)N1CCCN(CCn2ccnc2)CC1. The van der Waals surface area contributed by atoms with Crippen molar-refractivity contribution in [2.75, 3.05) is 32.7 Å². The summed E-state index contributed by atoms with van der Waals surface area (Å²) in [6, 6.07) is 0. The Morgan fingerprint density at radius 2 is 1.96 bits per heavy atom. The van der Waals surface area contributed by atoms with E-state index in [9.17, 15) is 4.79 Å². The molecule has 0 radical (unpaired) electrons. The fourth-order valence-corrected chi connectivity index (χ4v) is 3.02. The third kappa shape index (κ3) is 4.89. The van der Waals surface area contributed by atoms with E-state index >= 15 is 0 Å². The van der Waals surface area contributed by atoms with E-state index in [2.05, 4.69) is 24.5 Å². The topological polar surface area (TPSA) is 72.1 Å². The summed E-state index contributed by atoms with van der Waals surface area (Å²) in [6.07, 6.45) is 11.3. The van der Waals surface area contributed by atoms with E-state index in [0.29, 0.717) is 6.42 Å². The van der Waals surface area contributed by atoms with Crippen molar-refractivity contribution in [1.29, 1.82) is 0 Å². The molecule has 3 heterocycles. The molecule has 1 fully saturated rings. The first-order valence-electron chi connectivity index (χ1n) is 8.59. The number of aromatic nitrogens is 5. The van der Waals surface area contributed by atoms with Crippen molar-refractivity contribution in [3.63, 3.8) is 0 Å². The van der Waals surface area contributed by atoms with Gasteiger partial charge in [0.2, 0.25) is 5.91 Å². The van der Waals surface area contributed by atoms with E-state index in [-0.39, 0.29) is 5.91 Å². The molecule has 0 aromatic carbocycles. The monoisotopic (exact) mass is 331 g/mol. The van der Waals surface area contributed by atoms with Gasteiger partial charge >= 0.3 is 0 Å². The molecule has 0 unspecified atom stereocenters. The number of amides is 1. The van der Waals surface area contributed by atoms with Crippen LogP contribution in [0.3, 0.4) is 0 Å². The van der Waals surface area contributed by atoms with E-state index in [1.807, 2.05) is 23.6 Å². The summed E-state index contributed by atoms with van der Waals surface area (Å²) in [5, 5.41) is 4.06. The molecule has 0 aliphatic carbocycles. The van der Waals surface area contributed by atoms with Gasteiger partial charge in [-0.15, -0.1) is 0 Å². The fraction of sp³-hybridized carbons (Fsp3) is 0.625. The Labute approximate surface area is 142 Å². The Hall–Kier alpha value is -2.22. The summed E-state index contributed by atoms with van der Waals surface area (Å²) >= 11 is 0. The summed E-state index contributed by atoms with van der Waals surface area (Å²) in [6.45, 7) is 6.39. The van der Waals surface area contributed by atoms with Gasteiger partial charge < -0.3 is 9.47 Å². The van der Waals surface area contributed by atoms with Crippen LogP contribution in [0, 0.1) is 0 Å². The zero-order valence-electron chi connectivity index (χ0n) is 14.0. The van der Waals surface area contributed by atoms with Crippen molar-refractivity contribution in [2.24, 2.45) is 0 Å². The summed E-state index contributed by atoms with van der Waals surface area (Å²) in [7, 11) is 0. The molecular weight excluding hydrogens is 306 g/mol. The highest BCUT2D eigenvalue weighted by Crippen LogP contribution is 2.07. The molecule has 1 amide bonds. The number of hydrogen-bond donors (Lipinski definition) is 0. The number of rotatable bonds is 7. The minimum Gasteiger partial charge on any atom is -0.341 e. The second-order valence-electron chi connectivity index (χ2n) is 6.14. The Kier molecular flexibility index (Phi) is 5.95. The van der Waals surface area contributed by atoms with Crippen LogP contribution in [0.2, 0.25) is 0 Å². The van der Waals surface area contributed by atoms with Crippen LogP contribution < -0.4 is 0 Å². The summed E-state index contributed by atoms with van der Waals surface area (Å²) < 4.78 is 3.87. The van der Waals surface area contributed by atoms with Crippen LogP contribution in [0.1, 0.15) is 19.3 Å². The van der Waals surface area contributed by atoms with Gasteiger partial charge in [0.25, 0.3) is 0 Å². The van der Waals surface area contributed by atoms with Crippen LogP contribution in [0.25, 0.3) is 0 Å². The van der Waals surface area contributed by atoms with Gasteiger partial charge in [0.15, 0.2) is 0 Å². The molecule has 130 valence electrons. The first kappa shape index (κ1) is 16.6. The second kappa shape index (κ2) is 8.58. The summed E-state index contributed by atoms with van der Waals surface area (Å²) in [4.78, 5) is 24.8. The lowest BCUT2D eigenvalue weighted by molar-refractivity contribution is -0.131. The molecule has 24 heavy (non-hydrogen) atoms. The van der Waals surface area contributed by atoms with Gasteiger partial charge in [0.05, 0.1) is 6.33 Å². The first-order chi connectivity index (χ1) is 11.8. The first-order valence-corrected chi connectivity index (χ1v) is 8.59. The van der Waals surface area contributed by atoms with Crippen molar-refractivity contribution in [3.05, 3.63) is 31.4 Å². The number of carbonyl (C=O) groups excluding carboxylic acids is 1. The highest BCUT2D eigenvalue weighted by Gasteiger charge is 2.18. The van der Waals surface area contributed by atoms with Crippen LogP contribution in [-0.4, -0.2) is 72.7 Å². The van der Waals surface area contributed by atoms with E-state index < -0.39 is 0 Å². The van der Waals surface area contributed by atoms with Crippen LogP contribution in [0.4, 0.5) is 0 Å². The molecular formula is C16H25N7O. The van der Waals surface area contributed by atoms with Gasteiger partial charge in [-0.3, -0.25) is 14.4 Å². The molecule has 0 bridgehead atoms. The van der Waals surface area contributed by atoms with Gasteiger partial charge in [0.1, 0.15) is 12.7 Å². The van der Waals surface area contributed by atoms with Crippen LogP contribution in [0.15, 0.2) is 31.4 Å². The lowest BCUT2D eigenvalue weighted by Gasteiger charge is -2.22. The Morgan fingerprint density at radius 1 is 1.00 bits per heavy atom. The quantitative estimate of drug-likeness (QED) is 0.738. The third-order valence-electron chi connectivity index (χ3n) is 4.42. The third-order valence-corrected chi connectivity index (χ3v) is 4.42. The summed E-state index contributed by atoms with van der Waals surface area (Å²) in [5.41, 5.74) is 0. The number of nitrogens with zero attached hydrogens (tertiary/aromatic N) is 7. The molecule has 1 aliphatic rings.